The van der Waals surface area contributed by atoms with E-state index < -0.39 is 0 Å². The first kappa shape index (κ1) is 12.7. The number of amides is 1. The van der Waals surface area contributed by atoms with Gasteiger partial charge in [0.25, 0.3) is 0 Å². The van der Waals surface area contributed by atoms with E-state index in [1.54, 1.807) is 30.4 Å². The minimum Gasteiger partial charge on any atom is -0.466 e. The maximum atomic E-state index is 11.8. The molecule has 100 valence electrons. The van der Waals surface area contributed by atoms with Crippen molar-refractivity contribution >= 4 is 17.8 Å². The molecule has 0 aromatic carbocycles. The summed E-state index contributed by atoms with van der Waals surface area (Å²) in [4.78, 5) is 25.3. The average molecular weight is 263 g/mol. The summed E-state index contributed by atoms with van der Waals surface area (Å²) >= 11 is 0. The number of likely N-dealkylation sites (N-methyl/N-ethyl adjacent to an activating group) is 1. The molecular formula is C10H13N7O2. The second kappa shape index (κ2) is 5.76. The summed E-state index contributed by atoms with van der Waals surface area (Å²) in [7, 11) is 3.16. The Balaban J connectivity index is 1.91. The molecule has 0 aliphatic carbocycles. The number of nitrogens with zero attached hydrogens (tertiary/aromatic N) is 5. The molecule has 0 unspecified atom stereocenters. The van der Waals surface area contributed by atoms with Crippen molar-refractivity contribution in [1.29, 1.82) is 0 Å². The Kier molecular flexibility index (Phi) is 3.86. The summed E-state index contributed by atoms with van der Waals surface area (Å²) in [5, 5.41) is 8.80. The van der Waals surface area contributed by atoms with E-state index in [0.717, 1.165) is 0 Å². The lowest BCUT2D eigenvalue weighted by Gasteiger charge is -2.15. The van der Waals surface area contributed by atoms with E-state index in [-0.39, 0.29) is 24.4 Å². The van der Waals surface area contributed by atoms with Crippen molar-refractivity contribution in [2.75, 3.05) is 30.9 Å². The molecule has 0 saturated heterocycles. The van der Waals surface area contributed by atoms with Crippen LogP contribution in [0.2, 0.25) is 0 Å². The zero-order valence-electron chi connectivity index (χ0n) is 10.5. The standard InChI is InChI=1S/C10H13N7O2/c1-17(9-11-4-3-5-12-9)6-7(18)13-8-14-10(19-2)16-15-8/h3-5H,6H2,1-2H3,(H2,13,14,15,16,18). The highest BCUT2D eigenvalue weighted by molar-refractivity contribution is 5.92. The zero-order chi connectivity index (χ0) is 13.7. The van der Waals surface area contributed by atoms with Crippen molar-refractivity contribution in [3.63, 3.8) is 0 Å². The van der Waals surface area contributed by atoms with Crippen LogP contribution in [0.5, 0.6) is 6.01 Å². The fourth-order valence-electron chi connectivity index (χ4n) is 1.34. The second-order valence-electron chi connectivity index (χ2n) is 3.62. The van der Waals surface area contributed by atoms with Crippen LogP contribution in [0, 0.1) is 0 Å². The highest BCUT2D eigenvalue weighted by Gasteiger charge is 2.11. The quantitative estimate of drug-likeness (QED) is 0.760. The number of anilines is 2. The Labute approximate surface area is 109 Å². The minimum atomic E-state index is -0.270. The maximum Gasteiger partial charge on any atom is 0.336 e. The van der Waals surface area contributed by atoms with Gasteiger partial charge in [0.1, 0.15) is 0 Å². The summed E-state index contributed by atoms with van der Waals surface area (Å²) < 4.78 is 4.79. The number of aromatic nitrogens is 5. The maximum absolute atomic E-state index is 11.8. The van der Waals surface area contributed by atoms with E-state index in [1.165, 1.54) is 7.11 Å². The van der Waals surface area contributed by atoms with E-state index in [1.807, 2.05) is 0 Å². The number of methoxy groups -OCH3 is 1. The molecule has 0 spiro atoms. The van der Waals surface area contributed by atoms with Crippen LogP contribution >= 0.6 is 0 Å². The topological polar surface area (TPSA) is 109 Å². The van der Waals surface area contributed by atoms with E-state index in [0.29, 0.717) is 5.95 Å². The molecule has 19 heavy (non-hydrogen) atoms. The molecule has 9 heteroatoms. The first-order valence-electron chi connectivity index (χ1n) is 5.43. The van der Waals surface area contributed by atoms with E-state index in [2.05, 4.69) is 30.5 Å². The number of H-pyrrole nitrogens is 1. The predicted octanol–water partition coefficient (Wildman–Crippen LogP) is -0.322. The van der Waals surface area contributed by atoms with Crippen LogP contribution in [0.4, 0.5) is 11.9 Å². The first-order valence-corrected chi connectivity index (χ1v) is 5.43. The number of aromatic amines is 1. The molecule has 2 aromatic heterocycles. The SMILES string of the molecule is COc1n[nH]c(NC(=O)CN(C)c2ncccn2)n1. The van der Waals surface area contributed by atoms with Gasteiger partial charge in [-0.2, -0.15) is 4.98 Å². The molecule has 2 rings (SSSR count). The van der Waals surface area contributed by atoms with Crippen LogP contribution in [-0.4, -0.2) is 51.8 Å². The van der Waals surface area contributed by atoms with Crippen molar-refractivity contribution in [3.8, 4) is 6.01 Å². The Morgan fingerprint density at radius 3 is 2.84 bits per heavy atom. The first-order chi connectivity index (χ1) is 9.19. The van der Waals surface area contributed by atoms with Crippen LogP contribution in [0.3, 0.4) is 0 Å². The summed E-state index contributed by atoms with van der Waals surface area (Å²) in [6.45, 7) is 0.0903. The number of hydrogen-bond acceptors (Lipinski definition) is 7. The third-order valence-corrected chi connectivity index (χ3v) is 2.18. The number of rotatable bonds is 5. The van der Waals surface area contributed by atoms with Crippen molar-refractivity contribution < 1.29 is 9.53 Å². The van der Waals surface area contributed by atoms with Crippen LogP contribution in [-0.2, 0) is 4.79 Å². The molecule has 2 aromatic rings. The normalized spacial score (nSPS) is 10.0. The van der Waals surface area contributed by atoms with Gasteiger partial charge in [-0.05, 0) is 6.07 Å². The highest BCUT2D eigenvalue weighted by atomic mass is 16.5. The second-order valence-corrected chi connectivity index (χ2v) is 3.62. The van der Waals surface area contributed by atoms with E-state index in [9.17, 15) is 4.79 Å². The van der Waals surface area contributed by atoms with Gasteiger partial charge in [0.2, 0.25) is 17.8 Å². The molecule has 0 fully saturated rings. The van der Waals surface area contributed by atoms with Gasteiger partial charge >= 0.3 is 6.01 Å². The number of ether oxygens (including phenoxy) is 1. The Morgan fingerprint density at radius 2 is 2.21 bits per heavy atom. The van der Waals surface area contributed by atoms with E-state index >= 15 is 0 Å². The Bertz CT molecular complexity index is 542. The summed E-state index contributed by atoms with van der Waals surface area (Å²) in [5.41, 5.74) is 0. The van der Waals surface area contributed by atoms with Gasteiger partial charge in [-0.15, -0.1) is 5.10 Å². The zero-order valence-corrected chi connectivity index (χ0v) is 10.5. The van der Waals surface area contributed by atoms with Gasteiger partial charge in [0, 0.05) is 19.4 Å². The molecular weight excluding hydrogens is 250 g/mol. The lowest BCUT2D eigenvalue weighted by molar-refractivity contribution is -0.115. The van der Waals surface area contributed by atoms with Crippen molar-refractivity contribution in [1.82, 2.24) is 25.1 Å². The smallest absolute Gasteiger partial charge is 0.336 e. The van der Waals surface area contributed by atoms with Crippen LogP contribution in [0.1, 0.15) is 0 Å². The van der Waals surface area contributed by atoms with Gasteiger partial charge in [0.15, 0.2) is 0 Å². The largest absolute Gasteiger partial charge is 0.466 e. The Hall–Kier alpha value is -2.71. The molecule has 0 aliphatic rings. The highest BCUT2D eigenvalue weighted by Crippen LogP contribution is 2.05. The molecule has 0 saturated carbocycles. The summed E-state index contributed by atoms with van der Waals surface area (Å²) in [6, 6.07) is 1.87. The summed E-state index contributed by atoms with van der Waals surface area (Å²) in [6.07, 6.45) is 3.22. The lowest BCUT2D eigenvalue weighted by atomic mass is 10.5. The molecule has 2 heterocycles. The van der Waals surface area contributed by atoms with Crippen molar-refractivity contribution in [2.24, 2.45) is 0 Å². The molecule has 0 bridgehead atoms. The van der Waals surface area contributed by atoms with Crippen molar-refractivity contribution in [2.45, 2.75) is 0 Å². The van der Waals surface area contributed by atoms with E-state index in [4.69, 9.17) is 4.74 Å². The van der Waals surface area contributed by atoms with Crippen LogP contribution in [0.15, 0.2) is 18.5 Å². The predicted molar refractivity (Wildman–Crippen MR) is 66.9 cm³/mol. The molecule has 9 nitrogen and oxygen atoms in total. The average Bonchev–Trinajstić information content (AvgIpc) is 2.87. The summed E-state index contributed by atoms with van der Waals surface area (Å²) in [5.74, 6) is 0.422. The van der Waals surface area contributed by atoms with Gasteiger partial charge in [-0.25, -0.2) is 15.1 Å². The Morgan fingerprint density at radius 1 is 1.47 bits per heavy atom. The van der Waals surface area contributed by atoms with Crippen molar-refractivity contribution in [3.05, 3.63) is 18.5 Å². The molecule has 2 N–H and O–H groups in total. The van der Waals surface area contributed by atoms with Gasteiger partial charge in [-0.1, -0.05) is 0 Å². The molecule has 1 amide bonds. The monoisotopic (exact) mass is 263 g/mol. The fourth-order valence-corrected chi connectivity index (χ4v) is 1.34. The number of carbonyl (C=O) groups is 1. The lowest BCUT2D eigenvalue weighted by Crippen LogP contribution is -2.31. The third-order valence-electron chi connectivity index (χ3n) is 2.18. The third kappa shape index (κ3) is 3.37. The van der Waals surface area contributed by atoms with Crippen LogP contribution < -0.4 is 15.0 Å². The van der Waals surface area contributed by atoms with Crippen LogP contribution in [0.25, 0.3) is 0 Å². The fraction of sp³-hybridized carbons (Fsp3) is 0.300. The minimum absolute atomic E-state index is 0.0903. The molecule has 0 aliphatic heterocycles. The number of hydrogen-bond donors (Lipinski definition) is 2. The molecule has 0 atom stereocenters. The van der Waals surface area contributed by atoms with Gasteiger partial charge < -0.3 is 9.64 Å². The number of carbonyl (C=O) groups excluding carboxylic acids is 1. The van der Waals surface area contributed by atoms with Gasteiger partial charge in [-0.3, -0.25) is 10.1 Å². The molecule has 0 radical (unpaired) electrons. The van der Waals surface area contributed by atoms with Gasteiger partial charge in [0.05, 0.1) is 13.7 Å². The number of nitrogens with one attached hydrogen (secondary N) is 2.